The molecule has 194 valence electrons. The smallest absolute Gasteiger partial charge is 0.267 e. The molecule has 0 bridgehead atoms. The molecule has 1 aliphatic carbocycles. The molecule has 12 heteroatoms. The molecule has 1 saturated carbocycles. The molecule has 0 aliphatic heterocycles. The number of fused-ring (bicyclic) bond motifs is 1. The molecule has 9 nitrogen and oxygen atoms in total. The highest BCUT2D eigenvalue weighted by Gasteiger charge is 2.44. The summed E-state index contributed by atoms with van der Waals surface area (Å²) < 4.78 is 42.9. The molecule has 0 aromatic carbocycles. The van der Waals surface area contributed by atoms with Crippen molar-refractivity contribution in [3.63, 3.8) is 0 Å². The van der Waals surface area contributed by atoms with Gasteiger partial charge in [0.15, 0.2) is 0 Å². The van der Waals surface area contributed by atoms with Crippen LogP contribution in [0.2, 0.25) is 0 Å². The first-order valence-corrected chi connectivity index (χ1v) is 11.7. The normalized spacial score (nSPS) is 17.7. The van der Waals surface area contributed by atoms with E-state index in [9.17, 15) is 23.1 Å². The average Bonchev–Trinajstić information content (AvgIpc) is 3.18. The monoisotopic (exact) mass is 513 g/mol. The van der Waals surface area contributed by atoms with Gasteiger partial charge in [-0.15, -0.1) is 0 Å². The van der Waals surface area contributed by atoms with Crippen molar-refractivity contribution >= 4 is 34.3 Å². The molecule has 4 N–H and O–H groups in total. The number of amides is 1. The van der Waals surface area contributed by atoms with Gasteiger partial charge in [-0.2, -0.15) is 5.26 Å². The van der Waals surface area contributed by atoms with Crippen molar-refractivity contribution in [2.24, 2.45) is 0 Å². The van der Waals surface area contributed by atoms with Crippen LogP contribution in [-0.4, -0.2) is 56.2 Å². The molecule has 1 unspecified atom stereocenters. The number of carbonyl (C=O) groups excluding carboxylic acids is 1. The minimum absolute atomic E-state index is 0.0504. The summed E-state index contributed by atoms with van der Waals surface area (Å²) in [5.74, 6) is -3.11. The zero-order valence-corrected chi connectivity index (χ0v) is 20.2. The Kier molecular flexibility index (Phi) is 7.18. The van der Waals surface area contributed by atoms with Gasteiger partial charge in [0, 0.05) is 24.9 Å². The molecule has 1 aliphatic rings. The maximum atomic E-state index is 14.4. The zero-order valence-electron chi connectivity index (χ0n) is 20.2. The summed E-state index contributed by atoms with van der Waals surface area (Å²) in [5.41, 5.74) is -0.235. The molecule has 1 fully saturated rings. The first kappa shape index (κ1) is 26.1. The first-order chi connectivity index (χ1) is 17.5. The van der Waals surface area contributed by atoms with Gasteiger partial charge in [-0.1, -0.05) is 0 Å². The van der Waals surface area contributed by atoms with E-state index in [1.807, 2.05) is 6.07 Å². The van der Waals surface area contributed by atoms with Crippen LogP contribution in [0, 0.1) is 11.3 Å². The zero-order chi connectivity index (χ0) is 26.8. The van der Waals surface area contributed by atoms with E-state index >= 15 is 0 Å². The fourth-order valence-corrected chi connectivity index (χ4v) is 3.91. The molecular formula is C25H26F3N7O2. The van der Waals surface area contributed by atoms with Crippen molar-refractivity contribution in [3.8, 4) is 6.07 Å². The summed E-state index contributed by atoms with van der Waals surface area (Å²) in [6.45, 7) is 2.08. The van der Waals surface area contributed by atoms with E-state index < -0.39 is 36.2 Å². The molecular weight excluding hydrogens is 487 g/mol. The number of pyridine rings is 3. The summed E-state index contributed by atoms with van der Waals surface area (Å²) in [7, 11) is 0. The van der Waals surface area contributed by atoms with Crippen LogP contribution in [0.3, 0.4) is 0 Å². The third kappa shape index (κ3) is 6.06. The number of hydrogen-bond acceptors (Lipinski definition) is 8. The van der Waals surface area contributed by atoms with Gasteiger partial charge in [-0.25, -0.2) is 23.1 Å². The second-order valence-corrected chi connectivity index (χ2v) is 9.49. The number of carbonyl (C=O) groups is 1. The van der Waals surface area contributed by atoms with Crippen LogP contribution >= 0.6 is 0 Å². The van der Waals surface area contributed by atoms with E-state index in [2.05, 4.69) is 30.9 Å². The third-order valence-corrected chi connectivity index (χ3v) is 6.12. The Bertz CT molecular complexity index is 1350. The highest BCUT2D eigenvalue weighted by Crippen LogP contribution is 2.38. The molecule has 0 radical (unpaired) electrons. The fraction of sp³-hybridized carbons (Fsp3) is 0.400. The van der Waals surface area contributed by atoms with E-state index in [-0.39, 0.29) is 29.9 Å². The van der Waals surface area contributed by atoms with Crippen molar-refractivity contribution < 1.29 is 23.1 Å². The number of nitrogens with one attached hydrogen (secondary N) is 3. The molecule has 0 spiro atoms. The Balaban J connectivity index is 1.61. The molecule has 3 aromatic heterocycles. The Morgan fingerprint density at radius 3 is 2.70 bits per heavy atom. The summed E-state index contributed by atoms with van der Waals surface area (Å²) in [6.07, 6.45) is 1.17. The van der Waals surface area contributed by atoms with Gasteiger partial charge in [0.05, 0.1) is 46.0 Å². The van der Waals surface area contributed by atoms with Gasteiger partial charge >= 0.3 is 0 Å². The van der Waals surface area contributed by atoms with Gasteiger partial charge in [-0.3, -0.25) is 9.78 Å². The Labute approximate surface area is 211 Å². The SMILES string of the molecule is CC(C)(O)[C@H](F)CNC(=O)c1cnc(Nc2ccc3ncc(C#N)cc3n2)cc1NC1CCCC1(F)F. The topological polar surface area (TPSA) is 136 Å². The lowest BCUT2D eigenvalue weighted by Gasteiger charge is -2.24. The number of rotatable bonds is 8. The largest absolute Gasteiger partial charge is 0.387 e. The number of halogens is 3. The van der Waals surface area contributed by atoms with Gasteiger partial charge in [0.2, 0.25) is 0 Å². The second-order valence-electron chi connectivity index (χ2n) is 9.49. The molecule has 0 saturated heterocycles. The number of nitriles is 1. The van der Waals surface area contributed by atoms with Crippen LogP contribution in [-0.2, 0) is 0 Å². The number of alkyl halides is 3. The Morgan fingerprint density at radius 1 is 1.24 bits per heavy atom. The number of hydrogen-bond donors (Lipinski definition) is 4. The summed E-state index contributed by atoms with van der Waals surface area (Å²) in [5, 5.41) is 27.0. The second kappa shape index (κ2) is 10.2. The highest BCUT2D eigenvalue weighted by molar-refractivity contribution is 6.00. The minimum Gasteiger partial charge on any atom is -0.387 e. The van der Waals surface area contributed by atoms with Crippen LogP contribution in [0.4, 0.5) is 30.5 Å². The lowest BCUT2D eigenvalue weighted by molar-refractivity contribution is -0.00208. The Morgan fingerprint density at radius 2 is 2.03 bits per heavy atom. The molecule has 2 atom stereocenters. The highest BCUT2D eigenvalue weighted by atomic mass is 19.3. The van der Waals surface area contributed by atoms with Gasteiger partial charge < -0.3 is 21.1 Å². The van der Waals surface area contributed by atoms with Crippen LogP contribution < -0.4 is 16.0 Å². The predicted octanol–water partition coefficient (Wildman–Crippen LogP) is 4.08. The van der Waals surface area contributed by atoms with Crippen LogP contribution in [0.5, 0.6) is 0 Å². The maximum Gasteiger partial charge on any atom is 0.267 e. The van der Waals surface area contributed by atoms with Gasteiger partial charge in [0.25, 0.3) is 11.8 Å². The first-order valence-electron chi connectivity index (χ1n) is 11.7. The van der Waals surface area contributed by atoms with Crippen molar-refractivity contribution in [1.82, 2.24) is 20.3 Å². The molecule has 37 heavy (non-hydrogen) atoms. The van der Waals surface area contributed by atoms with E-state index in [4.69, 9.17) is 5.26 Å². The van der Waals surface area contributed by atoms with Crippen molar-refractivity contribution in [3.05, 3.63) is 47.8 Å². The molecule has 3 aromatic rings. The van der Waals surface area contributed by atoms with E-state index in [0.717, 1.165) is 0 Å². The molecule has 3 heterocycles. The van der Waals surface area contributed by atoms with Crippen molar-refractivity contribution in [1.29, 1.82) is 5.26 Å². The summed E-state index contributed by atoms with van der Waals surface area (Å²) in [6, 6.07) is 7.13. The fourth-order valence-electron chi connectivity index (χ4n) is 3.91. The van der Waals surface area contributed by atoms with Crippen LogP contribution in [0.15, 0.2) is 36.7 Å². The van der Waals surface area contributed by atoms with Crippen LogP contribution in [0.25, 0.3) is 11.0 Å². The standard InChI is InChI=1S/C25H26F3N7O2/c1-24(2,37)19(26)13-32-23(36)15-12-31-22(9-17(15)33-20-4-3-7-25(20,27)28)35-21-6-5-16-18(34-21)8-14(10-29)11-30-16/h5-6,8-9,11-12,19-20,37H,3-4,7,13H2,1-2H3,(H,32,36)(H2,31,33,34,35)/t19-,20?/m1/s1. The quantitative estimate of drug-likeness (QED) is 0.354. The van der Waals surface area contributed by atoms with E-state index in [0.29, 0.717) is 28.8 Å². The number of aliphatic hydroxyl groups is 1. The van der Waals surface area contributed by atoms with E-state index in [1.165, 1.54) is 32.3 Å². The lowest BCUT2D eigenvalue weighted by Crippen LogP contribution is -2.42. The Hall–Kier alpha value is -3.98. The molecule has 1 amide bonds. The van der Waals surface area contributed by atoms with E-state index in [1.54, 1.807) is 18.2 Å². The van der Waals surface area contributed by atoms with Gasteiger partial charge in [0.1, 0.15) is 23.9 Å². The van der Waals surface area contributed by atoms with Crippen molar-refractivity contribution in [2.45, 2.75) is 56.8 Å². The lowest BCUT2D eigenvalue weighted by atomic mass is 10.0. The average molecular weight is 514 g/mol. The third-order valence-electron chi connectivity index (χ3n) is 6.12. The van der Waals surface area contributed by atoms with Gasteiger partial charge in [-0.05, 0) is 44.9 Å². The number of aromatic nitrogens is 3. The summed E-state index contributed by atoms with van der Waals surface area (Å²) >= 11 is 0. The number of nitrogens with zero attached hydrogens (tertiary/aromatic N) is 4. The van der Waals surface area contributed by atoms with Crippen LogP contribution in [0.1, 0.15) is 49.0 Å². The summed E-state index contributed by atoms with van der Waals surface area (Å²) in [4.78, 5) is 25.6. The maximum absolute atomic E-state index is 14.4. The minimum atomic E-state index is -2.96. The predicted molar refractivity (Wildman–Crippen MR) is 132 cm³/mol. The molecule has 4 rings (SSSR count). The van der Waals surface area contributed by atoms with Crippen molar-refractivity contribution in [2.75, 3.05) is 17.2 Å². The number of anilines is 3.